The molecule has 0 spiro atoms. The SMILES string of the molecule is CN(CC1CCc2nccn2C1)c1ncnc2[nH]ncc12. The van der Waals surface area contributed by atoms with E-state index in [1.54, 1.807) is 12.5 Å². The lowest BCUT2D eigenvalue weighted by atomic mass is 9.99. The first-order chi connectivity index (χ1) is 10.3. The molecule has 0 fully saturated rings. The lowest BCUT2D eigenvalue weighted by Gasteiger charge is -2.28. The molecule has 7 heteroatoms. The standard InChI is InChI=1S/C14H17N7/c1-20(14-11-6-18-19-13(11)16-9-17-14)7-10-2-3-12-15-4-5-21(12)8-10/h4-6,9-10H,2-3,7-8H2,1H3,(H,16,17,18,19). The Labute approximate surface area is 122 Å². The van der Waals surface area contributed by atoms with Gasteiger partial charge in [-0.15, -0.1) is 0 Å². The van der Waals surface area contributed by atoms with E-state index in [-0.39, 0.29) is 0 Å². The minimum absolute atomic E-state index is 0.605. The summed E-state index contributed by atoms with van der Waals surface area (Å²) in [5.41, 5.74) is 0.785. The second-order valence-corrected chi connectivity index (χ2v) is 5.61. The summed E-state index contributed by atoms with van der Waals surface area (Å²) in [5, 5.41) is 7.91. The van der Waals surface area contributed by atoms with Gasteiger partial charge in [-0.1, -0.05) is 0 Å². The monoisotopic (exact) mass is 283 g/mol. The van der Waals surface area contributed by atoms with Crippen LogP contribution in [0.2, 0.25) is 0 Å². The Morgan fingerprint density at radius 3 is 3.29 bits per heavy atom. The fourth-order valence-electron chi connectivity index (χ4n) is 3.12. The van der Waals surface area contributed by atoms with Crippen LogP contribution in [0.5, 0.6) is 0 Å². The van der Waals surface area contributed by atoms with E-state index in [1.165, 1.54) is 12.2 Å². The van der Waals surface area contributed by atoms with Crippen LogP contribution >= 0.6 is 0 Å². The number of hydrogen-bond acceptors (Lipinski definition) is 5. The van der Waals surface area contributed by atoms with Crippen LogP contribution in [0.15, 0.2) is 24.9 Å². The molecule has 3 aromatic heterocycles. The van der Waals surface area contributed by atoms with Crippen molar-refractivity contribution in [3.05, 3.63) is 30.7 Å². The Balaban J connectivity index is 1.54. The van der Waals surface area contributed by atoms with E-state index in [1.807, 2.05) is 6.20 Å². The summed E-state index contributed by atoms with van der Waals surface area (Å²) in [7, 11) is 2.08. The van der Waals surface area contributed by atoms with Crippen LogP contribution in [0.4, 0.5) is 5.82 Å². The van der Waals surface area contributed by atoms with Crippen LogP contribution in [-0.4, -0.2) is 43.3 Å². The Hall–Kier alpha value is -2.44. The van der Waals surface area contributed by atoms with Crippen molar-refractivity contribution in [3.63, 3.8) is 0 Å². The van der Waals surface area contributed by atoms with Crippen molar-refractivity contribution >= 4 is 16.9 Å². The van der Waals surface area contributed by atoms with Gasteiger partial charge in [0.15, 0.2) is 5.65 Å². The summed E-state index contributed by atoms with van der Waals surface area (Å²) in [6.07, 6.45) is 9.55. The third-order valence-corrected chi connectivity index (χ3v) is 4.15. The molecule has 1 N–H and O–H groups in total. The molecular formula is C14H17N7. The lowest BCUT2D eigenvalue weighted by molar-refractivity contribution is 0.368. The van der Waals surface area contributed by atoms with Gasteiger partial charge in [0.05, 0.1) is 11.6 Å². The van der Waals surface area contributed by atoms with Gasteiger partial charge in [0.1, 0.15) is 18.0 Å². The smallest absolute Gasteiger partial charge is 0.160 e. The second-order valence-electron chi connectivity index (χ2n) is 5.61. The van der Waals surface area contributed by atoms with Gasteiger partial charge in [-0.05, 0) is 12.3 Å². The molecule has 21 heavy (non-hydrogen) atoms. The maximum Gasteiger partial charge on any atom is 0.160 e. The van der Waals surface area contributed by atoms with Crippen molar-refractivity contribution in [1.82, 2.24) is 29.7 Å². The molecule has 0 saturated carbocycles. The summed E-state index contributed by atoms with van der Waals surface area (Å²) in [5.74, 6) is 2.74. The Morgan fingerprint density at radius 1 is 1.38 bits per heavy atom. The van der Waals surface area contributed by atoms with E-state index in [2.05, 4.69) is 47.9 Å². The van der Waals surface area contributed by atoms with E-state index in [4.69, 9.17) is 0 Å². The molecule has 0 aliphatic carbocycles. The van der Waals surface area contributed by atoms with Crippen molar-refractivity contribution in [1.29, 1.82) is 0 Å². The first-order valence-corrected chi connectivity index (χ1v) is 7.16. The van der Waals surface area contributed by atoms with E-state index in [0.29, 0.717) is 5.92 Å². The number of aryl methyl sites for hydroxylation is 1. The predicted molar refractivity (Wildman–Crippen MR) is 79.0 cm³/mol. The molecule has 0 radical (unpaired) electrons. The molecule has 4 heterocycles. The molecule has 0 bridgehead atoms. The van der Waals surface area contributed by atoms with E-state index >= 15 is 0 Å². The second kappa shape index (κ2) is 4.83. The van der Waals surface area contributed by atoms with Crippen molar-refractivity contribution in [2.75, 3.05) is 18.5 Å². The van der Waals surface area contributed by atoms with Crippen LogP contribution in [0.25, 0.3) is 11.0 Å². The molecule has 0 saturated heterocycles. The number of fused-ring (bicyclic) bond motifs is 2. The maximum atomic E-state index is 4.41. The van der Waals surface area contributed by atoms with Crippen LogP contribution in [-0.2, 0) is 13.0 Å². The third-order valence-electron chi connectivity index (χ3n) is 4.15. The number of H-pyrrole nitrogens is 1. The van der Waals surface area contributed by atoms with Gasteiger partial charge in [-0.25, -0.2) is 15.0 Å². The zero-order valence-electron chi connectivity index (χ0n) is 11.9. The molecular weight excluding hydrogens is 266 g/mol. The van der Waals surface area contributed by atoms with E-state index < -0.39 is 0 Å². The Kier molecular flexibility index (Phi) is 2.83. The summed E-state index contributed by atoms with van der Waals surface area (Å²) in [4.78, 5) is 15.2. The zero-order chi connectivity index (χ0) is 14.2. The van der Waals surface area contributed by atoms with Gasteiger partial charge in [0, 0.05) is 39.0 Å². The molecule has 1 aliphatic heterocycles. The van der Waals surface area contributed by atoms with Gasteiger partial charge in [-0.3, -0.25) is 5.10 Å². The lowest BCUT2D eigenvalue weighted by Crippen LogP contribution is -2.32. The summed E-state index contributed by atoms with van der Waals surface area (Å²) < 4.78 is 2.26. The largest absolute Gasteiger partial charge is 0.359 e. The minimum Gasteiger partial charge on any atom is -0.359 e. The topological polar surface area (TPSA) is 75.5 Å². The van der Waals surface area contributed by atoms with Gasteiger partial charge in [-0.2, -0.15) is 5.10 Å². The number of anilines is 1. The molecule has 1 atom stereocenters. The first-order valence-electron chi connectivity index (χ1n) is 7.16. The Bertz CT molecular complexity index is 759. The molecule has 4 rings (SSSR count). The average Bonchev–Trinajstić information content (AvgIpc) is 3.14. The minimum atomic E-state index is 0.605. The molecule has 0 amide bonds. The van der Waals surface area contributed by atoms with Crippen LogP contribution in [0, 0.1) is 5.92 Å². The van der Waals surface area contributed by atoms with Gasteiger partial charge in [0.25, 0.3) is 0 Å². The first kappa shape index (κ1) is 12.3. The summed E-state index contributed by atoms with van der Waals surface area (Å²) in [6, 6.07) is 0. The molecule has 108 valence electrons. The predicted octanol–water partition coefficient (Wildman–Crippen LogP) is 1.25. The number of nitrogens with zero attached hydrogens (tertiary/aromatic N) is 6. The van der Waals surface area contributed by atoms with Gasteiger partial charge in [0.2, 0.25) is 0 Å². The van der Waals surface area contributed by atoms with E-state index in [9.17, 15) is 0 Å². The fraction of sp³-hybridized carbons (Fsp3) is 0.429. The number of aromatic amines is 1. The number of imidazole rings is 1. The maximum absolute atomic E-state index is 4.41. The van der Waals surface area contributed by atoms with E-state index in [0.717, 1.165) is 36.4 Å². The highest BCUT2D eigenvalue weighted by atomic mass is 15.2. The highest BCUT2D eigenvalue weighted by Gasteiger charge is 2.21. The summed E-state index contributed by atoms with van der Waals surface area (Å²) >= 11 is 0. The van der Waals surface area contributed by atoms with Crippen molar-refractivity contribution in [2.24, 2.45) is 5.92 Å². The number of rotatable bonds is 3. The molecule has 1 unspecified atom stereocenters. The molecule has 7 nitrogen and oxygen atoms in total. The third kappa shape index (κ3) is 2.14. The fourth-order valence-corrected chi connectivity index (χ4v) is 3.12. The molecule has 3 aromatic rings. The molecule has 1 aliphatic rings. The van der Waals surface area contributed by atoms with Crippen LogP contribution < -0.4 is 4.90 Å². The number of nitrogens with one attached hydrogen (secondary N) is 1. The summed E-state index contributed by atoms with van der Waals surface area (Å²) in [6.45, 7) is 1.99. The van der Waals surface area contributed by atoms with Crippen molar-refractivity contribution in [3.8, 4) is 0 Å². The number of hydrogen-bond donors (Lipinski definition) is 1. The van der Waals surface area contributed by atoms with Crippen molar-refractivity contribution in [2.45, 2.75) is 19.4 Å². The van der Waals surface area contributed by atoms with Gasteiger partial charge >= 0.3 is 0 Å². The average molecular weight is 283 g/mol. The number of aromatic nitrogens is 6. The highest BCUT2D eigenvalue weighted by molar-refractivity contribution is 5.85. The van der Waals surface area contributed by atoms with Crippen LogP contribution in [0.1, 0.15) is 12.2 Å². The highest BCUT2D eigenvalue weighted by Crippen LogP contribution is 2.24. The zero-order valence-corrected chi connectivity index (χ0v) is 11.9. The Morgan fingerprint density at radius 2 is 2.33 bits per heavy atom. The van der Waals surface area contributed by atoms with Crippen LogP contribution in [0.3, 0.4) is 0 Å². The van der Waals surface area contributed by atoms with Crippen molar-refractivity contribution < 1.29 is 0 Å². The normalized spacial score (nSPS) is 17.9. The molecule has 0 aromatic carbocycles. The quantitative estimate of drug-likeness (QED) is 0.783. The van der Waals surface area contributed by atoms with Gasteiger partial charge < -0.3 is 9.47 Å².